The van der Waals surface area contributed by atoms with Gasteiger partial charge in [-0.1, -0.05) is 59.9 Å². The second-order valence-electron chi connectivity index (χ2n) is 5.54. The molecule has 0 unspecified atom stereocenters. The third-order valence-corrected chi connectivity index (χ3v) is 5.65. The van der Waals surface area contributed by atoms with Crippen LogP contribution in [0.4, 0.5) is 0 Å². The fraction of sp³-hybridized carbons (Fsp3) is 0.316. The fourth-order valence-electron chi connectivity index (χ4n) is 2.20. The zero-order valence-corrected chi connectivity index (χ0v) is 17.4. The number of hydrogen-bond donors (Lipinski definition) is 1. The lowest BCUT2D eigenvalue weighted by molar-refractivity contribution is -0.127. The smallest absolute Gasteiger partial charge is 0.261 e. The molecule has 1 N–H and O–H groups in total. The van der Waals surface area contributed by atoms with Gasteiger partial charge in [0.25, 0.3) is 5.91 Å². The van der Waals surface area contributed by atoms with Gasteiger partial charge in [-0.2, -0.15) is 11.8 Å². The van der Waals surface area contributed by atoms with Crippen LogP contribution in [0.3, 0.4) is 0 Å². The summed E-state index contributed by atoms with van der Waals surface area (Å²) in [6, 6.07) is 12.7. The number of carbonyl (C=O) groups is 1. The average Bonchev–Trinajstić information content (AvgIpc) is 2.63. The first-order valence-corrected chi connectivity index (χ1v) is 10.5. The Labute approximate surface area is 173 Å². The highest BCUT2D eigenvalue weighted by atomic mass is 35.5. The molecule has 0 spiro atoms. The summed E-state index contributed by atoms with van der Waals surface area (Å²) in [5.74, 6) is 1.97. The molecule has 1 atom stereocenters. The zero-order chi connectivity index (χ0) is 18.9. The van der Waals surface area contributed by atoms with Crippen LogP contribution in [0.2, 0.25) is 15.1 Å². The van der Waals surface area contributed by atoms with Crippen molar-refractivity contribution in [3.05, 3.63) is 63.1 Å². The molecule has 7 heteroatoms. The number of hydrogen-bond acceptors (Lipinski definition) is 3. The van der Waals surface area contributed by atoms with E-state index in [1.54, 1.807) is 30.0 Å². The molecule has 0 aliphatic heterocycles. The van der Waals surface area contributed by atoms with Crippen molar-refractivity contribution in [3.63, 3.8) is 0 Å². The maximum Gasteiger partial charge on any atom is 0.261 e. The minimum atomic E-state index is -0.560. The number of amides is 1. The summed E-state index contributed by atoms with van der Waals surface area (Å²) in [5, 5.41) is 4.51. The third kappa shape index (κ3) is 6.58. The van der Waals surface area contributed by atoms with E-state index in [-0.39, 0.29) is 5.91 Å². The van der Waals surface area contributed by atoms with Crippen molar-refractivity contribution in [1.29, 1.82) is 0 Å². The molecule has 0 aliphatic carbocycles. The molecule has 0 bridgehead atoms. The van der Waals surface area contributed by atoms with Gasteiger partial charge in [-0.25, -0.2) is 0 Å². The van der Waals surface area contributed by atoms with E-state index in [4.69, 9.17) is 39.5 Å². The largest absolute Gasteiger partial charge is 0.479 e. The SMILES string of the molecule is CC[C@@H](Oc1ccccc1Cl)C(=O)NCCSCc1ccc(Cl)c(Cl)c1. The van der Waals surface area contributed by atoms with Gasteiger partial charge in [0.1, 0.15) is 5.75 Å². The Morgan fingerprint density at radius 3 is 2.58 bits per heavy atom. The Hall–Kier alpha value is -1.07. The summed E-state index contributed by atoms with van der Waals surface area (Å²) in [6.07, 6.45) is 0.00276. The van der Waals surface area contributed by atoms with E-state index in [0.717, 1.165) is 17.1 Å². The topological polar surface area (TPSA) is 38.3 Å². The minimum Gasteiger partial charge on any atom is -0.479 e. The first kappa shape index (κ1) is 21.2. The molecule has 0 fully saturated rings. The molecule has 0 aliphatic rings. The van der Waals surface area contributed by atoms with E-state index in [2.05, 4.69) is 5.32 Å². The second kappa shape index (κ2) is 10.9. The molecule has 0 aromatic heterocycles. The van der Waals surface area contributed by atoms with Gasteiger partial charge in [0.15, 0.2) is 6.10 Å². The number of para-hydroxylation sites is 1. The van der Waals surface area contributed by atoms with Crippen molar-refractivity contribution in [2.24, 2.45) is 0 Å². The van der Waals surface area contributed by atoms with Crippen molar-refractivity contribution in [2.75, 3.05) is 12.3 Å². The van der Waals surface area contributed by atoms with Crippen LogP contribution in [0.25, 0.3) is 0 Å². The van der Waals surface area contributed by atoms with E-state index in [1.165, 1.54) is 0 Å². The van der Waals surface area contributed by atoms with Crippen molar-refractivity contribution in [1.82, 2.24) is 5.32 Å². The second-order valence-corrected chi connectivity index (χ2v) is 7.86. The molecule has 26 heavy (non-hydrogen) atoms. The molecule has 0 saturated heterocycles. The number of thioether (sulfide) groups is 1. The lowest BCUT2D eigenvalue weighted by atomic mass is 10.2. The van der Waals surface area contributed by atoms with Crippen molar-refractivity contribution >= 4 is 52.5 Å². The van der Waals surface area contributed by atoms with Gasteiger partial charge in [-0.05, 0) is 36.2 Å². The predicted molar refractivity (Wildman–Crippen MR) is 112 cm³/mol. The first-order chi connectivity index (χ1) is 12.5. The highest BCUT2D eigenvalue weighted by Crippen LogP contribution is 2.25. The van der Waals surface area contributed by atoms with Crippen LogP contribution >= 0.6 is 46.6 Å². The van der Waals surface area contributed by atoms with E-state index in [0.29, 0.717) is 33.8 Å². The molecule has 3 nitrogen and oxygen atoms in total. The van der Waals surface area contributed by atoms with Crippen LogP contribution < -0.4 is 10.1 Å². The molecule has 0 saturated carbocycles. The molecule has 1 amide bonds. The summed E-state index contributed by atoms with van der Waals surface area (Å²) in [6.45, 7) is 2.47. The molecule has 140 valence electrons. The molecule has 0 heterocycles. The van der Waals surface area contributed by atoms with Gasteiger partial charge >= 0.3 is 0 Å². The molecular weight excluding hydrogens is 413 g/mol. The number of benzene rings is 2. The molecular formula is C19H20Cl3NO2S. The van der Waals surface area contributed by atoms with E-state index in [1.807, 2.05) is 31.2 Å². The predicted octanol–water partition coefficient (Wildman–Crippen LogP) is 5.85. The average molecular weight is 433 g/mol. The Morgan fingerprint density at radius 2 is 1.88 bits per heavy atom. The van der Waals surface area contributed by atoms with Gasteiger partial charge in [0, 0.05) is 18.1 Å². The van der Waals surface area contributed by atoms with Gasteiger partial charge in [0.2, 0.25) is 0 Å². The number of rotatable bonds is 9. The van der Waals surface area contributed by atoms with Crippen molar-refractivity contribution < 1.29 is 9.53 Å². The van der Waals surface area contributed by atoms with Crippen LogP contribution in [-0.2, 0) is 10.5 Å². The Kier molecular flexibility index (Phi) is 8.93. The van der Waals surface area contributed by atoms with Gasteiger partial charge in [-0.3, -0.25) is 4.79 Å². The highest BCUT2D eigenvalue weighted by molar-refractivity contribution is 7.98. The van der Waals surface area contributed by atoms with Crippen molar-refractivity contribution in [3.8, 4) is 5.75 Å². The molecule has 2 aromatic rings. The number of ether oxygens (including phenoxy) is 1. The molecule has 0 radical (unpaired) electrons. The van der Waals surface area contributed by atoms with Gasteiger partial charge < -0.3 is 10.1 Å². The Bertz CT molecular complexity index is 742. The summed E-state index contributed by atoms with van der Waals surface area (Å²) >= 11 is 19.7. The van der Waals surface area contributed by atoms with E-state index < -0.39 is 6.10 Å². The van der Waals surface area contributed by atoms with Crippen LogP contribution in [0.1, 0.15) is 18.9 Å². The Balaban J connectivity index is 1.73. The van der Waals surface area contributed by atoms with Gasteiger partial charge in [-0.15, -0.1) is 0 Å². The summed E-state index contributed by atoms with van der Waals surface area (Å²) in [5.41, 5.74) is 1.10. The number of halogens is 3. The lowest BCUT2D eigenvalue weighted by Gasteiger charge is -2.18. The van der Waals surface area contributed by atoms with E-state index >= 15 is 0 Å². The normalized spacial score (nSPS) is 11.8. The van der Waals surface area contributed by atoms with Crippen LogP contribution in [-0.4, -0.2) is 24.3 Å². The van der Waals surface area contributed by atoms with E-state index in [9.17, 15) is 4.79 Å². The molecule has 2 aromatic carbocycles. The van der Waals surface area contributed by atoms with Crippen LogP contribution in [0.5, 0.6) is 5.75 Å². The fourth-order valence-corrected chi connectivity index (χ4v) is 3.50. The highest BCUT2D eigenvalue weighted by Gasteiger charge is 2.18. The maximum absolute atomic E-state index is 12.3. The quantitative estimate of drug-likeness (QED) is 0.505. The zero-order valence-electron chi connectivity index (χ0n) is 14.3. The van der Waals surface area contributed by atoms with Crippen molar-refractivity contribution in [2.45, 2.75) is 25.2 Å². The summed E-state index contributed by atoms with van der Waals surface area (Å²) in [7, 11) is 0. The number of nitrogens with one attached hydrogen (secondary N) is 1. The minimum absolute atomic E-state index is 0.137. The van der Waals surface area contributed by atoms with Crippen LogP contribution in [0, 0.1) is 0 Å². The summed E-state index contributed by atoms with van der Waals surface area (Å²) < 4.78 is 5.73. The maximum atomic E-state index is 12.3. The monoisotopic (exact) mass is 431 g/mol. The van der Waals surface area contributed by atoms with Gasteiger partial charge in [0.05, 0.1) is 15.1 Å². The Morgan fingerprint density at radius 1 is 1.12 bits per heavy atom. The lowest BCUT2D eigenvalue weighted by Crippen LogP contribution is -2.39. The third-order valence-electron chi connectivity index (χ3n) is 3.57. The standard InChI is InChI=1S/C19H20Cl3NO2S/c1-2-17(25-18-6-4-3-5-15(18)21)19(24)23-9-10-26-12-13-7-8-14(20)16(22)11-13/h3-8,11,17H,2,9-10,12H2,1H3,(H,23,24)/t17-/m1/s1. The number of carbonyl (C=O) groups excluding carboxylic acids is 1. The van der Waals surface area contributed by atoms with Crippen LogP contribution in [0.15, 0.2) is 42.5 Å². The first-order valence-electron chi connectivity index (χ1n) is 8.21. The summed E-state index contributed by atoms with van der Waals surface area (Å²) in [4.78, 5) is 12.3. The molecule has 2 rings (SSSR count).